The molecule has 3 heterocycles. The highest BCUT2D eigenvalue weighted by Gasteiger charge is 2.21. The summed E-state index contributed by atoms with van der Waals surface area (Å²) < 4.78 is 17.4. The number of carbonyl (C=O) groups is 1. The highest BCUT2D eigenvalue weighted by atomic mass is 32.1. The number of rotatable bonds is 9. The molecule has 0 saturated carbocycles. The third-order valence-corrected chi connectivity index (χ3v) is 7.65. The number of anilines is 3. The number of morpholine rings is 1. The molecule has 0 aliphatic carbocycles. The molecule has 41 heavy (non-hydrogen) atoms. The first-order chi connectivity index (χ1) is 20.1. The molecule has 0 bridgehead atoms. The molecule has 2 amide bonds. The number of hydrogen-bond donors (Lipinski definition) is 3. The quantitative estimate of drug-likeness (QED) is 0.277. The monoisotopic (exact) mass is 576 g/mol. The molecule has 1 aromatic heterocycles. The molecule has 3 N–H and O–H groups in total. The predicted molar refractivity (Wildman–Crippen MR) is 164 cm³/mol. The average Bonchev–Trinajstić information content (AvgIpc) is 3.50. The van der Waals surface area contributed by atoms with Crippen LogP contribution in [0.25, 0.3) is 0 Å². The van der Waals surface area contributed by atoms with E-state index in [0.29, 0.717) is 29.0 Å². The summed E-state index contributed by atoms with van der Waals surface area (Å²) in [7, 11) is 1.68. The Kier molecular flexibility index (Phi) is 9.84. The SMILES string of the molecule is COc1cc2c(cc1OCCCN1CCOCC1)C(Nc1ccc(NC(=O)Nc3nccs3)cc1)=NC=CCC2C. The minimum atomic E-state index is -0.343. The van der Waals surface area contributed by atoms with E-state index in [4.69, 9.17) is 19.2 Å². The van der Waals surface area contributed by atoms with Crippen LogP contribution in [0.2, 0.25) is 0 Å². The zero-order valence-electron chi connectivity index (χ0n) is 23.4. The number of methoxy groups -OCH3 is 1. The maximum absolute atomic E-state index is 12.3. The smallest absolute Gasteiger partial charge is 0.325 e. The fourth-order valence-corrected chi connectivity index (χ4v) is 5.29. The van der Waals surface area contributed by atoms with Crippen molar-refractivity contribution in [2.75, 3.05) is 62.5 Å². The number of nitrogens with zero attached hydrogens (tertiary/aromatic N) is 3. The highest BCUT2D eigenvalue weighted by molar-refractivity contribution is 7.13. The van der Waals surface area contributed by atoms with Crippen LogP contribution in [0.4, 0.5) is 21.3 Å². The molecule has 2 aromatic carbocycles. The van der Waals surface area contributed by atoms with Crippen molar-refractivity contribution in [2.45, 2.75) is 25.7 Å². The predicted octanol–water partition coefficient (Wildman–Crippen LogP) is 5.78. The maximum atomic E-state index is 12.3. The second-order valence-corrected chi connectivity index (χ2v) is 10.8. The lowest BCUT2D eigenvalue weighted by Gasteiger charge is -2.26. The van der Waals surface area contributed by atoms with E-state index >= 15 is 0 Å². The largest absolute Gasteiger partial charge is 0.493 e. The number of amidine groups is 1. The Morgan fingerprint density at radius 3 is 2.68 bits per heavy atom. The van der Waals surface area contributed by atoms with Crippen LogP contribution < -0.4 is 25.4 Å². The van der Waals surface area contributed by atoms with Crippen molar-refractivity contribution in [3.8, 4) is 11.5 Å². The van der Waals surface area contributed by atoms with E-state index in [1.165, 1.54) is 11.3 Å². The number of allylic oxidation sites excluding steroid dienone is 1. The molecular weight excluding hydrogens is 540 g/mol. The topological polar surface area (TPSA) is 109 Å². The van der Waals surface area contributed by atoms with Crippen LogP contribution in [0.1, 0.15) is 36.8 Å². The Morgan fingerprint density at radius 2 is 1.93 bits per heavy atom. The van der Waals surface area contributed by atoms with Crippen molar-refractivity contribution >= 4 is 39.7 Å². The molecule has 2 aliphatic heterocycles. The van der Waals surface area contributed by atoms with Crippen LogP contribution >= 0.6 is 11.3 Å². The average molecular weight is 577 g/mol. The first-order valence-corrected chi connectivity index (χ1v) is 14.7. The van der Waals surface area contributed by atoms with Gasteiger partial charge in [0, 0.05) is 54.3 Å². The summed E-state index contributed by atoms with van der Waals surface area (Å²) in [6, 6.07) is 11.2. The standard InChI is InChI=1S/C30H36N6O4S/c1-21-5-3-10-31-28(33-22-6-8-23(9-7-22)34-29(37)35-30-32-11-18-41-30)25-20-27(26(38-2)19-24(21)25)40-15-4-12-36-13-16-39-17-14-36/h3,6-11,18-21H,4-5,12-17H2,1-2H3,(H,31,33)(H2,32,34,35,37). The van der Waals surface area contributed by atoms with Gasteiger partial charge in [0.25, 0.3) is 0 Å². The van der Waals surface area contributed by atoms with Crippen LogP contribution in [-0.4, -0.2) is 68.3 Å². The number of aliphatic imine (C=N–C) groups is 1. The van der Waals surface area contributed by atoms with Gasteiger partial charge in [0.1, 0.15) is 5.84 Å². The lowest BCUT2D eigenvalue weighted by Crippen LogP contribution is -2.37. The summed E-state index contributed by atoms with van der Waals surface area (Å²) in [6.45, 7) is 7.29. The van der Waals surface area contributed by atoms with Gasteiger partial charge in [-0.3, -0.25) is 10.2 Å². The Bertz CT molecular complexity index is 1350. The number of aromatic nitrogens is 1. The summed E-state index contributed by atoms with van der Waals surface area (Å²) in [5.41, 5.74) is 3.60. The number of benzene rings is 2. The van der Waals surface area contributed by atoms with Gasteiger partial charge in [0.2, 0.25) is 0 Å². The molecule has 11 heteroatoms. The third kappa shape index (κ3) is 7.84. The number of carbonyl (C=O) groups excluding carboxylic acids is 1. The van der Waals surface area contributed by atoms with Crippen molar-refractivity contribution in [2.24, 2.45) is 4.99 Å². The zero-order chi connectivity index (χ0) is 28.4. The van der Waals surface area contributed by atoms with Gasteiger partial charge in [-0.15, -0.1) is 11.3 Å². The van der Waals surface area contributed by atoms with E-state index in [-0.39, 0.29) is 11.9 Å². The molecule has 0 spiro atoms. The van der Waals surface area contributed by atoms with Crippen molar-refractivity contribution in [3.63, 3.8) is 0 Å². The molecular formula is C30H36N6O4S. The van der Waals surface area contributed by atoms with Crippen molar-refractivity contribution < 1.29 is 19.0 Å². The number of urea groups is 1. The highest BCUT2D eigenvalue weighted by Crippen LogP contribution is 2.36. The normalized spacial score (nSPS) is 17.0. The molecule has 1 atom stereocenters. The second kappa shape index (κ2) is 14.1. The fourth-order valence-electron chi connectivity index (χ4n) is 4.76. The number of nitrogens with one attached hydrogen (secondary N) is 3. The molecule has 216 valence electrons. The summed E-state index contributed by atoms with van der Waals surface area (Å²) in [5, 5.41) is 11.4. The van der Waals surface area contributed by atoms with Gasteiger partial charge < -0.3 is 24.8 Å². The first kappa shape index (κ1) is 28.6. The maximum Gasteiger partial charge on any atom is 0.325 e. The van der Waals surface area contributed by atoms with Crippen LogP contribution in [-0.2, 0) is 4.74 Å². The lowest BCUT2D eigenvalue weighted by molar-refractivity contribution is 0.0357. The van der Waals surface area contributed by atoms with Crippen molar-refractivity contribution in [1.29, 1.82) is 0 Å². The lowest BCUT2D eigenvalue weighted by atomic mass is 9.91. The van der Waals surface area contributed by atoms with E-state index in [1.807, 2.05) is 36.5 Å². The van der Waals surface area contributed by atoms with E-state index < -0.39 is 0 Å². The van der Waals surface area contributed by atoms with E-state index in [2.05, 4.69) is 44.9 Å². The van der Waals surface area contributed by atoms with Gasteiger partial charge in [0.05, 0.1) is 26.9 Å². The van der Waals surface area contributed by atoms with E-state index in [1.54, 1.807) is 18.7 Å². The van der Waals surface area contributed by atoms with Crippen LogP contribution in [0, 0.1) is 0 Å². The van der Waals surface area contributed by atoms with Crippen LogP contribution in [0.15, 0.2) is 65.2 Å². The molecule has 1 saturated heterocycles. The van der Waals surface area contributed by atoms with Gasteiger partial charge in [-0.05, 0) is 60.7 Å². The molecule has 0 radical (unpaired) electrons. The Labute approximate surface area is 244 Å². The summed E-state index contributed by atoms with van der Waals surface area (Å²) in [6.07, 6.45) is 7.35. The zero-order valence-corrected chi connectivity index (χ0v) is 24.2. The molecule has 5 rings (SSSR count). The minimum Gasteiger partial charge on any atom is -0.493 e. The molecule has 10 nitrogen and oxygen atoms in total. The second-order valence-electron chi connectivity index (χ2n) is 9.86. The number of thiazole rings is 1. The Balaban J connectivity index is 1.29. The van der Waals surface area contributed by atoms with Gasteiger partial charge in [-0.1, -0.05) is 13.0 Å². The molecule has 2 aliphatic rings. The van der Waals surface area contributed by atoms with Crippen molar-refractivity contribution in [1.82, 2.24) is 9.88 Å². The van der Waals surface area contributed by atoms with Gasteiger partial charge in [-0.2, -0.15) is 0 Å². The van der Waals surface area contributed by atoms with Crippen LogP contribution in [0.5, 0.6) is 11.5 Å². The molecule has 1 unspecified atom stereocenters. The van der Waals surface area contributed by atoms with Gasteiger partial charge >= 0.3 is 6.03 Å². The summed E-state index contributed by atoms with van der Waals surface area (Å²) >= 11 is 1.36. The molecule has 3 aromatic rings. The third-order valence-electron chi connectivity index (χ3n) is 6.96. The first-order valence-electron chi connectivity index (χ1n) is 13.8. The summed E-state index contributed by atoms with van der Waals surface area (Å²) in [4.78, 5) is 23.5. The van der Waals surface area contributed by atoms with E-state index in [9.17, 15) is 4.79 Å². The number of ether oxygens (including phenoxy) is 3. The number of fused-ring (bicyclic) bond motifs is 1. The minimum absolute atomic E-state index is 0.265. The molecule has 1 fully saturated rings. The Hall–Kier alpha value is -3.93. The Morgan fingerprint density at radius 1 is 1.12 bits per heavy atom. The van der Waals surface area contributed by atoms with Crippen molar-refractivity contribution in [3.05, 3.63) is 71.4 Å². The van der Waals surface area contributed by atoms with Gasteiger partial charge in [-0.25, -0.2) is 14.8 Å². The fraction of sp³-hybridized carbons (Fsp3) is 0.367. The van der Waals surface area contributed by atoms with E-state index in [0.717, 1.165) is 68.3 Å². The number of hydrogen-bond acceptors (Lipinski definition) is 9. The summed E-state index contributed by atoms with van der Waals surface area (Å²) in [5.74, 6) is 2.40. The van der Waals surface area contributed by atoms with Gasteiger partial charge in [0.15, 0.2) is 16.6 Å². The van der Waals surface area contributed by atoms with Crippen LogP contribution in [0.3, 0.4) is 0 Å². The number of amides is 2.